The molecule has 1 rings (SSSR count). The SMILES string of the molecule is C=CC(=O)OCC1CO1.NC(=O)O. The van der Waals surface area contributed by atoms with Crippen LogP contribution in [0.3, 0.4) is 0 Å². The summed E-state index contributed by atoms with van der Waals surface area (Å²) in [5.41, 5.74) is 4.03. The van der Waals surface area contributed by atoms with Gasteiger partial charge >= 0.3 is 12.1 Å². The van der Waals surface area contributed by atoms with E-state index in [2.05, 4.69) is 17.0 Å². The third-order valence-corrected chi connectivity index (χ3v) is 0.981. The minimum atomic E-state index is -1.33. The van der Waals surface area contributed by atoms with Gasteiger partial charge in [0.25, 0.3) is 0 Å². The second-order valence-corrected chi connectivity index (χ2v) is 2.13. The molecule has 1 unspecified atom stereocenters. The van der Waals surface area contributed by atoms with E-state index >= 15 is 0 Å². The zero-order chi connectivity index (χ0) is 10.3. The third kappa shape index (κ3) is 10.4. The highest BCUT2D eigenvalue weighted by atomic mass is 16.6. The summed E-state index contributed by atoms with van der Waals surface area (Å²) in [5, 5.41) is 7.19. The number of esters is 1. The number of carboxylic acid groups (broad SMARTS) is 1. The quantitative estimate of drug-likeness (QED) is 0.361. The van der Waals surface area contributed by atoms with Gasteiger partial charge in [-0.15, -0.1) is 0 Å². The van der Waals surface area contributed by atoms with Crippen molar-refractivity contribution in [3.8, 4) is 0 Å². The molecule has 6 nitrogen and oxygen atoms in total. The molecule has 1 saturated heterocycles. The van der Waals surface area contributed by atoms with E-state index in [1.54, 1.807) is 0 Å². The molecule has 1 heterocycles. The molecule has 3 N–H and O–H groups in total. The van der Waals surface area contributed by atoms with Crippen LogP contribution >= 0.6 is 0 Å². The Bertz CT molecular complexity index is 195. The number of nitrogens with two attached hydrogens (primary N) is 1. The molecule has 0 aromatic heterocycles. The van der Waals surface area contributed by atoms with Crippen LogP contribution in [0.15, 0.2) is 12.7 Å². The predicted molar refractivity (Wildman–Crippen MR) is 43.1 cm³/mol. The second kappa shape index (κ2) is 6.01. The van der Waals surface area contributed by atoms with Crippen LogP contribution in [0.25, 0.3) is 0 Å². The van der Waals surface area contributed by atoms with Crippen LogP contribution in [-0.2, 0) is 14.3 Å². The molecule has 0 aliphatic carbocycles. The van der Waals surface area contributed by atoms with Crippen molar-refractivity contribution >= 4 is 12.1 Å². The van der Waals surface area contributed by atoms with Crippen molar-refractivity contribution in [1.82, 2.24) is 0 Å². The van der Waals surface area contributed by atoms with Crippen LogP contribution in [0.1, 0.15) is 0 Å². The van der Waals surface area contributed by atoms with E-state index in [4.69, 9.17) is 14.6 Å². The van der Waals surface area contributed by atoms with Crippen molar-refractivity contribution in [2.75, 3.05) is 13.2 Å². The van der Waals surface area contributed by atoms with E-state index in [0.29, 0.717) is 13.2 Å². The van der Waals surface area contributed by atoms with Crippen molar-refractivity contribution in [2.24, 2.45) is 5.73 Å². The number of epoxide rings is 1. The van der Waals surface area contributed by atoms with Gasteiger partial charge in [-0.25, -0.2) is 9.59 Å². The summed E-state index contributed by atoms with van der Waals surface area (Å²) in [4.78, 5) is 19.1. The molecule has 1 fully saturated rings. The summed E-state index contributed by atoms with van der Waals surface area (Å²) in [6, 6.07) is 0. The van der Waals surface area contributed by atoms with Crippen LogP contribution in [0.4, 0.5) is 4.79 Å². The van der Waals surface area contributed by atoms with E-state index in [0.717, 1.165) is 6.08 Å². The van der Waals surface area contributed by atoms with Gasteiger partial charge in [0.1, 0.15) is 12.7 Å². The Morgan fingerprint density at radius 2 is 2.23 bits per heavy atom. The van der Waals surface area contributed by atoms with E-state index in [9.17, 15) is 4.79 Å². The smallest absolute Gasteiger partial charge is 0.402 e. The Morgan fingerprint density at radius 3 is 2.54 bits per heavy atom. The van der Waals surface area contributed by atoms with Crippen LogP contribution in [0.5, 0.6) is 0 Å². The minimum absolute atomic E-state index is 0.147. The lowest BCUT2D eigenvalue weighted by Gasteiger charge is -1.94. The summed E-state index contributed by atoms with van der Waals surface area (Å²) in [7, 11) is 0. The molecule has 0 saturated carbocycles. The monoisotopic (exact) mass is 189 g/mol. The number of carbonyl (C=O) groups is 2. The van der Waals surface area contributed by atoms with Gasteiger partial charge in [-0.1, -0.05) is 6.58 Å². The summed E-state index contributed by atoms with van der Waals surface area (Å²) >= 11 is 0. The number of ether oxygens (including phenoxy) is 2. The highest BCUT2D eigenvalue weighted by Crippen LogP contribution is 2.08. The Morgan fingerprint density at radius 1 is 1.77 bits per heavy atom. The Kier molecular flexibility index (Phi) is 5.29. The number of hydrogen-bond donors (Lipinski definition) is 2. The molecule has 0 aromatic carbocycles. The standard InChI is InChI=1S/C6H8O3.CH3NO2/c1-2-6(7)9-4-5-3-8-5;2-1(3)4/h2,5H,1,3-4H2;2H2,(H,3,4). The lowest BCUT2D eigenvalue weighted by molar-refractivity contribution is -0.138. The summed E-state index contributed by atoms with van der Waals surface area (Å²) < 4.78 is 9.42. The summed E-state index contributed by atoms with van der Waals surface area (Å²) in [6.45, 7) is 4.32. The van der Waals surface area contributed by atoms with E-state index in [-0.39, 0.29) is 12.1 Å². The van der Waals surface area contributed by atoms with E-state index in [1.165, 1.54) is 0 Å². The van der Waals surface area contributed by atoms with Crippen molar-refractivity contribution in [1.29, 1.82) is 0 Å². The van der Waals surface area contributed by atoms with Gasteiger partial charge < -0.3 is 20.3 Å². The minimum Gasteiger partial charge on any atom is -0.465 e. The Balaban J connectivity index is 0.000000310. The molecule has 1 atom stereocenters. The van der Waals surface area contributed by atoms with Crippen molar-refractivity contribution in [2.45, 2.75) is 6.10 Å². The van der Waals surface area contributed by atoms with Crippen molar-refractivity contribution < 1.29 is 24.2 Å². The average molecular weight is 189 g/mol. The van der Waals surface area contributed by atoms with Crippen LogP contribution < -0.4 is 5.73 Å². The molecule has 0 radical (unpaired) electrons. The number of rotatable bonds is 3. The third-order valence-electron chi connectivity index (χ3n) is 0.981. The van der Waals surface area contributed by atoms with Gasteiger partial charge in [-0.05, 0) is 0 Å². The van der Waals surface area contributed by atoms with Crippen LogP contribution in [0, 0.1) is 0 Å². The van der Waals surface area contributed by atoms with Crippen LogP contribution in [0.2, 0.25) is 0 Å². The first-order valence-corrected chi connectivity index (χ1v) is 3.45. The lowest BCUT2D eigenvalue weighted by Crippen LogP contribution is -2.06. The molecule has 0 aromatic rings. The van der Waals surface area contributed by atoms with Gasteiger partial charge in [-0.3, -0.25) is 0 Å². The second-order valence-electron chi connectivity index (χ2n) is 2.13. The maximum atomic E-state index is 10.3. The molecule has 1 aliphatic heterocycles. The zero-order valence-electron chi connectivity index (χ0n) is 6.93. The van der Waals surface area contributed by atoms with Gasteiger partial charge in [0, 0.05) is 6.08 Å². The summed E-state index contributed by atoms with van der Waals surface area (Å²) in [5.74, 6) is -0.384. The molecule has 1 aliphatic rings. The highest BCUT2D eigenvalue weighted by molar-refractivity contribution is 5.81. The van der Waals surface area contributed by atoms with Crippen molar-refractivity contribution in [3.63, 3.8) is 0 Å². The van der Waals surface area contributed by atoms with Gasteiger partial charge in [0.15, 0.2) is 0 Å². The largest absolute Gasteiger partial charge is 0.465 e. The summed E-state index contributed by atoms with van der Waals surface area (Å²) in [6.07, 6.45) is -0.0450. The lowest BCUT2D eigenvalue weighted by atomic mass is 10.5. The van der Waals surface area contributed by atoms with Crippen LogP contribution in [-0.4, -0.2) is 36.5 Å². The Labute approximate surface area is 74.9 Å². The van der Waals surface area contributed by atoms with Gasteiger partial charge in [0.2, 0.25) is 0 Å². The Hall–Kier alpha value is -1.56. The molecule has 6 heteroatoms. The fourth-order valence-corrected chi connectivity index (χ4v) is 0.398. The first-order chi connectivity index (χ1) is 6.06. The highest BCUT2D eigenvalue weighted by Gasteiger charge is 2.23. The predicted octanol–water partition coefficient (Wildman–Crippen LogP) is -0.263. The maximum Gasteiger partial charge on any atom is 0.402 e. The first-order valence-electron chi connectivity index (χ1n) is 3.45. The fraction of sp³-hybridized carbons (Fsp3) is 0.429. The van der Waals surface area contributed by atoms with Gasteiger partial charge in [0.05, 0.1) is 6.61 Å². The molecule has 0 bridgehead atoms. The molecule has 1 amide bonds. The van der Waals surface area contributed by atoms with E-state index in [1.807, 2.05) is 0 Å². The maximum absolute atomic E-state index is 10.3. The molecular weight excluding hydrogens is 178 g/mol. The topological polar surface area (TPSA) is 102 Å². The van der Waals surface area contributed by atoms with Gasteiger partial charge in [-0.2, -0.15) is 0 Å². The zero-order valence-corrected chi connectivity index (χ0v) is 6.93. The molecule has 74 valence electrons. The number of hydrogen-bond acceptors (Lipinski definition) is 4. The average Bonchev–Trinajstić information content (AvgIpc) is 2.82. The van der Waals surface area contributed by atoms with E-state index < -0.39 is 6.09 Å². The number of amides is 1. The number of primary amides is 1. The first kappa shape index (κ1) is 11.4. The molecular formula is C7H11NO5. The molecule has 13 heavy (non-hydrogen) atoms. The molecule has 0 spiro atoms. The number of carbonyl (C=O) groups excluding carboxylic acids is 1. The fourth-order valence-electron chi connectivity index (χ4n) is 0.398. The van der Waals surface area contributed by atoms with Crippen molar-refractivity contribution in [3.05, 3.63) is 12.7 Å². The normalized spacial score (nSPS) is 17.7.